The molecule has 2 aliphatic rings. The fraction of sp³-hybridized carbons (Fsp3) is 0.611. The minimum Gasteiger partial charge on any atom is -0.475 e. The maximum atomic E-state index is 13.8. The molecule has 0 spiro atoms. The molecule has 4 rings (SSSR count). The van der Waals surface area contributed by atoms with Gasteiger partial charge in [0.25, 0.3) is 5.56 Å². The fourth-order valence-corrected chi connectivity index (χ4v) is 4.11. The van der Waals surface area contributed by atoms with Crippen LogP contribution in [0.4, 0.5) is 22.0 Å². The largest absolute Gasteiger partial charge is 0.490 e. The Kier molecular flexibility index (Phi) is 6.16. The summed E-state index contributed by atoms with van der Waals surface area (Å²) in [5.74, 6) is -4.97. The van der Waals surface area contributed by atoms with E-state index in [1.165, 1.54) is 10.6 Å². The number of hydrogen-bond acceptors (Lipinski definition) is 4. The molecule has 0 bridgehead atoms. The van der Waals surface area contributed by atoms with Crippen molar-refractivity contribution in [3.05, 3.63) is 34.4 Å². The van der Waals surface area contributed by atoms with Gasteiger partial charge in [-0.25, -0.2) is 23.1 Å². The van der Waals surface area contributed by atoms with Crippen LogP contribution < -0.4 is 5.56 Å². The first-order valence-electron chi connectivity index (χ1n) is 9.44. The third-order valence-corrected chi connectivity index (χ3v) is 5.46. The van der Waals surface area contributed by atoms with Gasteiger partial charge in [-0.05, 0) is 31.7 Å². The summed E-state index contributed by atoms with van der Waals surface area (Å²) in [4.78, 5) is 27.5. The molecular weight excluding hydrogens is 415 g/mol. The first-order valence-corrected chi connectivity index (χ1v) is 9.44. The summed E-state index contributed by atoms with van der Waals surface area (Å²) >= 11 is 0. The van der Waals surface area contributed by atoms with E-state index in [-0.39, 0.29) is 24.4 Å². The Hall–Kier alpha value is -2.50. The lowest BCUT2D eigenvalue weighted by Gasteiger charge is -2.46. The Morgan fingerprint density at radius 1 is 1.33 bits per heavy atom. The molecule has 1 saturated heterocycles. The number of aliphatic carboxylic acids is 1. The minimum absolute atomic E-state index is 0.0108. The molecule has 1 aliphatic carbocycles. The summed E-state index contributed by atoms with van der Waals surface area (Å²) in [5.41, 5.74) is 1.05. The van der Waals surface area contributed by atoms with Crippen LogP contribution >= 0.6 is 0 Å². The van der Waals surface area contributed by atoms with Crippen LogP contribution in [0, 0.1) is 5.92 Å². The second kappa shape index (κ2) is 8.32. The molecule has 12 heteroatoms. The van der Waals surface area contributed by atoms with Gasteiger partial charge in [0, 0.05) is 43.8 Å². The highest BCUT2D eigenvalue weighted by atomic mass is 19.4. The molecule has 166 valence electrons. The Morgan fingerprint density at radius 3 is 2.70 bits per heavy atom. The first-order chi connectivity index (χ1) is 14.0. The van der Waals surface area contributed by atoms with E-state index in [4.69, 9.17) is 9.90 Å². The Bertz CT molecular complexity index is 955. The summed E-state index contributed by atoms with van der Waals surface area (Å²) < 4.78 is 60.7. The SMILES string of the molecule is O=C(O)C(F)(F)F.O=c1cc(CN2CCCC3CCC(F)(F)CC32)nc2cc[nH]n12. The number of carboxylic acids is 1. The summed E-state index contributed by atoms with van der Waals surface area (Å²) in [5, 5.41) is 9.93. The number of aromatic amines is 1. The maximum absolute atomic E-state index is 13.8. The van der Waals surface area contributed by atoms with Crippen molar-refractivity contribution in [1.82, 2.24) is 19.5 Å². The molecule has 2 atom stereocenters. The van der Waals surface area contributed by atoms with Crippen LogP contribution in [0.3, 0.4) is 0 Å². The van der Waals surface area contributed by atoms with Gasteiger partial charge in [0.2, 0.25) is 5.92 Å². The van der Waals surface area contributed by atoms with Gasteiger partial charge >= 0.3 is 12.1 Å². The molecule has 1 aliphatic heterocycles. The van der Waals surface area contributed by atoms with E-state index in [9.17, 15) is 26.7 Å². The Labute approximate surface area is 167 Å². The van der Waals surface area contributed by atoms with E-state index in [1.54, 1.807) is 12.3 Å². The number of H-pyrrole nitrogens is 1. The second-order valence-electron chi connectivity index (χ2n) is 7.58. The molecule has 2 N–H and O–H groups in total. The predicted octanol–water partition coefficient (Wildman–Crippen LogP) is 3.06. The van der Waals surface area contributed by atoms with Gasteiger partial charge in [-0.15, -0.1) is 0 Å². The standard InChI is InChI=1S/C16H20F2N4O.C2HF3O2/c17-16(18)5-3-11-2-1-7-21(13(11)9-16)10-12-8-15(23)22-14(20-12)4-6-19-22;3-2(4,5)1(6)7/h4,6,8,11,13,19H,1-3,5,7,9-10H2;(H,6,7). The van der Waals surface area contributed by atoms with Gasteiger partial charge in [0.05, 0.1) is 5.69 Å². The number of halogens is 5. The number of hydrogen-bond donors (Lipinski definition) is 2. The summed E-state index contributed by atoms with van der Waals surface area (Å²) in [6, 6.07) is 3.13. The zero-order chi connectivity index (χ0) is 22.1. The number of piperidine rings is 1. The van der Waals surface area contributed by atoms with Crippen molar-refractivity contribution >= 4 is 11.6 Å². The highest BCUT2D eigenvalue weighted by Crippen LogP contribution is 2.42. The smallest absolute Gasteiger partial charge is 0.475 e. The van der Waals surface area contributed by atoms with Crippen LogP contribution in [0.1, 0.15) is 37.8 Å². The number of alkyl halides is 5. The van der Waals surface area contributed by atoms with E-state index in [1.807, 2.05) is 0 Å². The topological polar surface area (TPSA) is 90.7 Å². The highest BCUT2D eigenvalue weighted by molar-refractivity contribution is 5.73. The van der Waals surface area contributed by atoms with Crippen molar-refractivity contribution in [2.45, 2.75) is 56.8 Å². The zero-order valence-corrected chi connectivity index (χ0v) is 15.8. The van der Waals surface area contributed by atoms with E-state index < -0.39 is 18.1 Å². The molecule has 2 unspecified atom stereocenters. The lowest BCUT2D eigenvalue weighted by molar-refractivity contribution is -0.192. The number of nitrogens with one attached hydrogen (secondary N) is 1. The van der Waals surface area contributed by atoms with Gasteiger partial charge in [0.1, 0.15) is 0 Å². The van der Waals surface area contributed by atoms with Gasteiger partial charge in [-0.3, -0.25) is 14.8 Å². The zero-order valence-electron chi connectivity index (χ0n) is 15.8. The minimum atomic E-state index is -5.08. The van der Waals surface area contributed by atoms with Crippen LogP contribution in [-0.4, -0.2) is 55.3 Å². The van der Waals surface area contributed by atoms with Crippen molar-refractivity contribution in [2.75, 3.05) is 6.54 Å². The average Bonchev–Trinajstić information content (AvgIpc) is 3.10. The van der Waals surface area contributed by atoms with E-state index >= 15 is 0 Å². The molecule has 2 aromatic rings. The van der Waals surface area contributed by atoms with Crippen LogP contribution in [0.15, 0.2) is 23.1 Å². The highest BCUT2D eigenvalue weighted by Gasteiger charge is 2.45. The van der Waals surface area contributed by atoms with Crippen molar-refractivity contribution in [2.24, 2.45) is 5.92 Å². The van der Waals surface area contributed by atoms with Crippen molar-refractivity contribution in [3.63, 3.8) is 0 Å². The van der Waals surface area contributed by atoms with Gasteiger partial charge < -0.3 is 5.11 Å². The monoisotopic (exact) mass is 436 g/mol. The van der Waals surface area contributed by atoms with E-state index in [2.05, 4.69) is 15.0 Å². The number of carboxylic acid groups (broad SMARTS) is 1. The number of aromatic nitrogens is 3. The van der Waals surface area contributed by atoms with Crippen molar-refractivity contribution in [1.29, 1.82) is 0 Å². The number of fused-ring (bicyclic) bond motifs is 2. The fourth-order valence-electron chi connectivity index (χ4n) is 4.11. The van der Waals surface area contributed by atoms with Crippen LogP contribution in [0.2, 0.25) is 0 Å². The molecule has 0 aromatic carbocycles. The number of likely N-dealkylation sites (tertiary alicyclic amines) is 1. The quantitative estimate of drug-likeness (QED) is 0.707. The molecule has 2 fully saturated rings. The molecular formula is C18H21F5N4O3. The third-order valence-electron chi connectivity index (χ3n) is 5.46. The van der Waals surface area contributed by atoms with Gasteiger partial charge in [0.15, 0.2) is 5.65 Å². The normalized spacial score (nSPS) is 24.0. The molecule has 30 heavy (non-hydrogen) atoms. The Morgan fingerprint density at radius 2 is 2.03 bits per heavy atom. The van der Waals surface area contributed by atoms with Crippen LogP contribution in [-0.2, 0) is 11.3 Å². The maximum Gasteiger partial charge on any atom is 0.490 e. The Balaban J connectivity index is 0.000000318. The van der Waals surface area contributed by atoms with Crippen LogP contribution in [0.25, 0.3) is 5.65 Å². The lowest BCUT2D eigenvalue weighted by Crippen LogP contribution is -2.50. The second-order valence-corrected chi connectivity index (χ2v) is 7.58. The number of carbonyl (C=O) groups is 1. The average molecular weight is 436 g/mol. The van der Waals surface area contributed by atoms with Crippen LogP contribution in [0.5, 0.6) is 0 Å². The lowest BCUT2D eigenvalue weighted by atomic mass is 9.76. The van der Waals surface area contributed by atoms with Gasteiger partial charge in [-0.1, -0.05) is 0 Å². The van der Waals surface area contributed by atoms with Crippen molar-refractivity contribution < 1.29 is 31.9 Å². The predicted molar refractivity (Wildman–Crippen MR) is 95.2 cm³/mol. The summed E-state index contributed by atoms with van der Waals surface area (Å²) in [6.07, 6.45) is -0.824. The number of nitrogens with zero attached hydrogens (tertiary/aromatic N) is 3. The molecule has 7 nitrogen and oxygen atoms in total. The molecule has 3 heterocycles. The molecule has 0 amide bonds. The van der Waals surface area contributed by atoms with E-state index in [0.29, 0.717) is 30.2 Å². The molecule has 2 aromatic heterocycles. The summed E-state index contributed by atoms with van der Waals surface area (Å²) in [7, 11) is 0. The number of rotatable bonds is 2. The molecule has 0 radical (unpaired) electrons. The first kappa shape index (κ1) is 22.2. The third kappa shape index (κ3) is 5.15. The van der Waals surface area contributed by atoms with E-state index in [0.717, 1.165) is 19.4 Å². The summed E-state index contributed by atoms with van der Waals surface area (Å²) in [6.45, 7) is 1.26. The van der Waals surface area contributed by atoms with Gasteiger partial charge in [-0.2, -0.15) is 13.2 Å². The molecule has 1 saturated carbocycles. The van der Waals surface area contributed by atoms with Crippen molar-refractivity contribution in [3.8, 4) is 0 Å².